The number of thiol groups is 1. The zero-order valence-electron chi connectivity index (χ0n) is 12.1. The summed E-state index contributed by atoms with van der Waals surface area (Å²) in [6.07, 6.45) is 0. The van der Waals surface area contributed by atoms with E-state index < -0.39 is 48.7 Å². The second kappa shape index (κ2) is 11.3. The summed E-state index contributed by atoms with van der Waals surface area (Å²) < 4.78 is 0. The number of hydrogen-bond donors (Lipinski definition) is 7. The van der Waals surface area contributed by atoms with Crippen LogP contribution in [0, 0.1) is 0 Å². The van der Waals surface area contributed by atoms with Crippen molar-refractivity contribution in [2.24, 2.45) is 5.73 Å². The fourth-order valence-corrected chi connectivity index (χ4v) is 1.41. The van der Waals surface area contributed by atoms with Crippen LogP contribution in [0.3, 0.4) is 0 Å². The molecule has 0 saturated carbocycles. The van der Waals surface area contributed by atoms with Crippen LogP contribution in [-0.4, -0.2) is 72.7 Å². The second-order valence-electron chi connectivity index (χ2n) is 4.18. The average molecular weight is 349 g/mol. The molecule has 0 aliphatic heterocycles. The molecule has 0 aliphatic rings. The molecule has 0 aromatic rings. The summed E-state index contributed by atoms with van der Waals surface area (Å²) in [6.45, 7) is -1.44. The van der Waals surface area contributed by atoms with Gasteiger partial charge >= 0.3 is 5.97 Å². The molecule has 0 fully saturated rings. The number of nitrogens with two attached hydrogens (primary N) is 1. The largest absolute Gasteiger partial charge is 0.480 e. The van der Waals surface area contributed by atoms with Gasteiger partial charge in [0.05, 0.1) is 26.2 Å². The van der Waals surface area contributed by atoms with E-state index >= 15 is 0 Å². The Balaban J connectivity index is 3.94. The predicted molar refractivity (Wildman–Crippen MR) is 81.5 cm³/mol. The van der Waals surface area contributed by atoms with E-state index in [1.165, 1.54) is 0 Å². The van der Waals surface area contributed by atoms with Crippen LogP contribution in [0.25, 0.3) is 0 Å². The molecule has 23 heavy (non-hydrogen) atoms. The summed E-state index contributed by atoms with van der Waals surface area (Å²) in [4.78, 5) is 55.5. The lowest BCUT2D eigenvalue weighted by Gasteiger charge is -2.12. The Bertz CT molecular complexity index is 472. The van der Waals surface area contributed by atoms with E-state index in [9.17, 15) is 24.0 Å². The van der Waals surface area contributed by atoms with Gasteiger partial charge in [-0.1, -0.05) is 0 Å². The minimum Gasteiger partial charge on any atom is -0.480 e. The van der Waals surface area contributed by atoms with Crippen molar-refractivity contribution in [3.63, 3.8) is 0 Å². The third-order valence-corrected chi connectivity index (χ3v) is 2.70. The quantitative estimate of drug-likeness (QED) is 0.195. The highest BCUT2D eigenvalue weighted by Gasteiger charge is 2.18. The first-order chi connectivity index (χ1) is 10.8. The van der Waals surface area contributed by atoms with Crippen LogP contribution in [0.5, 0.6) is 0 Å². The number of rotatable bonds is 10. The number of amides is 4. The molecule has 0 heterocycles. The van der Waals surface area contributed by atoms with Crippen molar-refractivity contribution < 1.29 is 29.1 Å². The van der Waals surface area contributed by atoms with Crippen molar-refractivity contribution in [3.05, 3.63) is 0 Å². The maximum Gasteiger partial charge on any atom is 0.327 e. The molecule has 0 radical (unpaired) electrons. The minimum atomic E-state index is -1.24. The van der Waals surface area contributed by atoms with Gasteiger partial charge in [0.1, 0.15) is 6.04 Å². The van der Waals surface area contributed by atoms with Gasteiger partial charge in [-0.2, -0.15) is 12.6 Å². The number of hydrogen-bond acceptors (Lipinski definition) is 7. The molecule has 130 valence electrons. The van der Waals surface area contributed by atoms with E-state index in [0.29, 0.717) is 0 Å². The highest BCUT2D eigenvalue weighted by molar-refractivity contribution is 7.80. The number of aliphatic carboxylic acids is 1. The molecule has 0 rings (SSSR count). The lowest BCUT2D eigenvalue weighted by atomic mass is 10.3. The summed E-state index contributed by atoms with van der Waals surface area (Å²) in [7, 11) is 0. The molecule has 7 N–H and O–H groups in total. The smallest absolute Gasteiger partial charge is 0.327 e. The van der Waals surface area contributed by atoms with Gasteiger partial charge in [-0.25, -0.2) is 4.79 Å². The van der Waals surface area contributed by atoms with E-state index in [1.807, 2.05) is 0 Å². The minimum absolute atomic E-state index is 0.0976. The van der Waals surface area contributed by atoms with Crippen molar-refractivity contribution in [2.45, 2.75) is 6.04 Å². The maximum absolute atomic E-state index is 11.4. The van der Waals surface area contributed by atoms with Gasteiger partial charge in [-0.3, -0.25) is 19.2 Å². The van der Waals surface area contributed by atoms with Gasteiger partial charge in [-0.05, 0) is 0 Å². The number of carbonyl (C=O) groups is 5. The zero-order valence-corrected chi connectivity index (χ0v) is 13.0. The van der Waals surface area contributed by atoms with Crippen molar-refractivity contribution in [1.29, 1.82) is 0 Å². The van der Waals surface area contributed by atoms with E-state index in [-0.39, 0.29) is 18.8 Å². The Hall–Kier alpha value is -2.34. The van der Waals surface area contributed by atoms with Crippen LogP contribution in [0.1, 0.15) is 0 Å². The predicted octanol–water partition coefficient (Wildman–Crippen LogP) is -4.21. The van der Waals surface area contributed by atoms with Crippen LogP contribution >= 0.6 is 12.6 Å². The first-order valence-electron chi connectivity index (χ1n) is 6.43. The Labute approximate surface area is 137 Å². The van der Waals surface area contributed by atoms with E-state index in [1.54, 1.807) is 0 Å². The summed E-state index contributed by atoms with van der Waals surface area (Å²) in [6, 6.07) is -1.16. The molecular weight excluding hydrogens is 330 g/mol. The molecule has 4 amide bonds. The lowest BCUT2D eigenvalue weighted by Crippen LogP contribution is -2.48. The molecule has 0 aliphatic carbocycles. The molecule has 0 saturated heterocycles. The van der Waals surface area contributed by atoms with Crippen molar-refractivity contribution in [1.82, 2.24) is 21.3 Å². The van der Waals surface area contributed by atoms with Crippen LogP contribution in [-0.2, 0) is 24.0 Å². The van der Waals surface area contributed by atoms with Crippen LogP contribution < -0.4 is 27.0 Å². The van der Waals surface area contributed by atoms with Crippen molar-refractivity contribution >= 4 is 42.2 Å². The van der Waals surface area contributed by atoms with Gasteiger partial charge in [-0.15, -0.1) is 0 Å². The van der Waals surface area contributed by atoms with Crippen LogP contribution in [0.2, 0.25) is 0 Å². The third kappa shape index (κ3) is 10.1. The molecular formula is C11H19N5O6S. The van der Waals surface area contributed by atoms with Gasteiger partial charge in [0.2, 0.25) is 23.6 Å². The lowest BCUT2D eigenvalue weighted by molar-refractivity contribution is -0.141. The first-order valence-corrected chi connectivity index (χ1v) is 7.06. The normalized spacial score (nSPS) is 11.0. The Morgan fingerprint density at radius 2 is 1.30 bits per heavy atom. The number of nitrogens with one attached hydrogen (secondary N) is 4. The Kier molecular flexibility index (Phi) is 10.1. The van der Waals surface area contributed by atoms with Gasteiger partial charge in [0.15, 0.2) is 0 Å². The van der Waals surface area contributed by atoms with Crippen molar-refractivity contribution in [3.8, 4) is 0 Å². The van der Waals surface area contributed by atoms with Crippen LogP contribution in [0.4, 0.5) is 0 Å². The molecule has 0 bridgehead atoms. The summed E-state index contributed by atoms with van der Waals surface area (Å²) in [5.74, 6) is -3.82. The molecule has 1 unspecified atom stereocenters. The Morgan fingerprint density at radius 3 is 1.70 bits per heavy atom. The molecule has 0 aromatic heterocycles. The zero-order chi connectivity index (χ0) is 17.8. The van der Waals surface area contributed by atoms with E-state index in [2.05, 4.69) is 33.9 Å². The maximum atomic E-state index is 11.4. The number of carboxylic acids is 1. The SMILES string of the molecule is NCC(=O)NCC(=O)NCC(=O)NCC(=O)NC(CS)C(=O)O. The second-order valence-corrected chi connectivity index (χ2v) is 4.54. The number of carboxylic acid groups (broad SMARTS) is 1. The van der Waals surface area contributed by atoms with E-state index in [0.717, 1.165) is 0 Å². The highest BCUT2D eigenvalue weighted by Crippen LogP contribution is 1.87. The summed E-state index contributed by atoms with van der Waals surface area (Å²) in [5, 5.41) is 17.5. The standard InChI is InChI=1S/C11H19N5O6S/c12-1-7(17)13-2-8(18)14-3-9(19)15-4-10(20)16-6(5-23)11(21)22/h6,23H,1-5,12H2,(H,13,17)(H,14,18)(H,15,19)(H,16,20)(H,21,22). The summed E-state index contributed by atoms with van der Waals surface area (Å²) >= 11 is 3.77. The van der Waals surface area contributed by atoms with Crippen molar-refractivity contribution in [2.75, 3.05) is 31.9 Å². The topological polar surface area (TPSA) is 180 Å². The monoisotopic (exact) mass is 349 g/mol. The fourth-order valence-electron chi connectivity index (χ4n) is 1.16. The molecule has 11 nitrogen and oxygen atoms in total. The highest BCUT2D eigenvalue weighted by atomic mass is 32.1. The Morgan fingerprint density at radius 1 is 0.870 bits per heavy atom. The van der Waals surface area contributed by atoms with Gasteiger partial charge < -0.3 is 32.1 Å². The van der Waals surface area contributed by atoms with E-state index in [4.69, 9.17) is 10.8 Å². The molecule has 1 atom stereocenters. The fraction of sp³-hybridized carbons (Fsp3) is 0.545. The summed E-state index contributed by atoms with van der Waals surface area (Å²) in [5.41, 5.74) is 5.02. The number of carbonyl (C=O) groups excluding carboxylic acids is 4. The molecule has 0 aromatic carbocycles. The third-order valence-electron chi connectivity index (χ3n) is 2.34. The first kappa shape index (κ1) is 20.7. The average Bonchev–Trinajstić information content (AvgIpc) is 2.53. The van der Waals surface area contributed by atoms with Crippen LogP contribution in [0.15, 0.2) is 0 Å². The molecule has 0 spiro atoms. The van der Waals surface area contributed by atoms with Gasteiger partial charge in [0, 0.05) is 5.75 Å². The van der Waals surface area contributed by atoms with Gasteiger partial charge in [0.25, 0.3) is 0 Å². The molecule has 12 heteroatoms.